The summed E-state index contributed by atoms with van der Waals surface area (Å²) in [6, 6.07) is 157. The Bertz CT molecular complexity index is 10100. The molecule has 6 heteroatoms. The minimum Gasteiger partial charge on any atom is -0.456 e. The Hall–Kier alpha value is -17.6. The third-order valence-electron chi connectivity index (χ3n) is 29.2. The fourth-order valence-corrected chi connectivity index (χ4v) is 23.6. The van der Waals surface area contributed by atoms with Crippen LogP contribution < -0.4 is 0 Å². The van der Waals surface area contributed by atoms with Gasteiger partial charge in [-0.15, -0.1) is 0 Å². The molecule has 29 aromatic rings. The van der Waals surface area contributed by atoms with Gasteiger partial charge in [0.15, 0.2) is 0 Å². The van der Waals surface area contributed by atoms with Crippen molar-refractivity contribution in [1.29, 1.82) is 0 Å². The molecule has 0 bridgehead atoms. The number of aromatic nitrogens is 3. The highest BCUT2D eigenvalue weighted by atomic mass is 16.3. The van der Waals surface area contributed by atoms with Crippen molar-refractivity contribution in [3.63, 3.8) is 0 Å². The summed E-state index contributed by atoms with van der Waals surface area (Å²) in [7, 11) is 0. The highest BCUT2D eigenvalue weighted by Gasteiger charge is 2.30. The normalized spacial score (nSPS) is 12.4. The van der Waals surface area contributed by atoms with Crippen molar-refractivity contribution in [3.05, 3.63) is 431 Å². The lowest BCUT2D eigenvalue weighted by atomic mass is 9.94. The zero-order chi connectivity index (χ0) is 85.8. The van der Waals surface area contributed by atoms with Gasteiger partial charge in [-0.1, -0.05) is 328 Å². The standard InChI is InChI=1S/2C44H25NO.C38H21NO/c1-2-12-30-26(9-1)19-22-41-44(30)38-24-37-33-15-5-6-18-39(33)45(40(37)25-42(38)46-41)28-11-7-10-27(23-28)29-20-21-36-32-14-4-3-13-31(32)35-17-8-16-34(29)43(35)36;1-2-9-30-26(8-1)18-23-41-44(30)38-24-37-33-12-5-6-15-39(33)45(40(37)25-42(38)46-41)28-19-16-27(17-20-28)29-21-22-36-32-11-4-3-10-31(32)35-14-7-13-34(29)43(35)36;1-2-9-23-22(8-1)16-19-35-38(23)31-20-30-26-12-5-6-15-32(26)39(34(30)21-36(31)40-35)33-18-17-28-25-11-4-3-10-24(25)27-13-7-14-29(33)37(27)28/h2*1-25H;1-21H. The molecule has 0 saturated heterocycles. The van der Waals surface area contributed by atoms with E-state index in [1.165, 1.54) is 224 Å². The predicted octanol–water partition coefficient (Wildman–Crippen LogP) is 35.2. The van der Waals surface area contributed by atoms with E-state index in [0.717, 1.165) is 77.6 Å². The van der Waals surface area contributed by atoms with E-state index >= 15 is 0 Å². The van der Waals surface area contributed by atoms with Crippen LogP contribution in [0.2, 0.25) is 0 Å². The van der Waals surface area contributed by atoms with E-state index in [-0.39, 0.29) is 0 Å². The van der Waals surface area contributed by atoms with Crippen LogP contribution in [0.15, 0.2) is 444 Å². The Morgan fingerprint density at radius 1 is 0.136 bits per heavy atom. The molecule has 608 valence electrons. The first kappa shape index (κ1) is 71.6. The molecule has 0 N–H and O–H groups in total. The van der Waals surface area contributed by atoms with Crippen LogP contribution in [0.1, 0.15) is 0 Å². The van der Waals surface area contributed by atoms with E-state index in [0.29, 0.717) is 0 Å². The number of para-hydroxylation sites is 3. The Balaban J connectivity index is 0.0000000953. The summed E-state index contributed by atoms with van der Waals surface area (Å²) in [6.45, 7) is 0. The predicted molar refractivity (Wildman–Crippen MR) is 553 cm³/mol. The largest absolute Gasteiger partial charge is 0.456 e. The van der Waals surface area contributed by atoms with Crippen LogP contribution in [-0.4, -0.2) is 13.7 Å². The van der Waals surface area contributed by atoms with E-state index in [4.69, 9.17) is 13.3 Å². The van der Waals surface area contributed by atoms with E-state index in [9.17, 15) is 0 Å². The van der Waals surface area contributed by atoms with Gasteiger partial charge in [-0.05, 0) is 233 Å². The van der Waals surface area contributed by atoms with Crippen molar-refractivity contribution in [1.82, 2.24) is 13.7 Å². The molecule has 3 aliphatic rings. The summed E-state index contributed by atoms with van der Waals surface area (Å²) in [5.74, 6) is 0. The number of hydrogen-bond donors (Lipinski definition) is 0. The fourth-order valence-electron chi connectivity index (χ4n) is 23.6. The topological polar surface area (TPSA) is 54.2 Å². The van der Waals surface area contributed by atoms with E-state index in [1.54, 1.807) is 0 Å². The quantitative estimate of drug-likeness (QED) is 0.173. The smallest absolute Gasteiger partial charge is 0.137 e. The SMILES string of the molecule is c1cc(-c2ccc3c4c(cccc24)-c2ccccc2-3)cc(-n2c3ccccc3c3cc4c(cc32)oc2ccc3ccccc3c24)c1.c1ccc2c(c1)-c1cccc3c(-c4ccc(-n5c6ccccc6c6cc7c(cc65)oc5ccc6ccccc6c57)cc4)ccc-2c13.c1ccc2c(c1)-c1cccc3c(-n4c5ccccc5c5cc6c(cc54)oc4ccc5ccccc5c46)ccc-2c13. The fraction of sp³-hybridized carbons (Fsp3) is 0. The van der Waals surface area contributed by atoms with Gasteiger partial charge in [-0.25, -0.2) is 0 Å². The van der Waals surface area contributed by atoms with Gasteiger partial charge in [0.2, 0.25) is 0 Å². The second-order valence-electron chi connectivity index (χ2n) is 35.8. The molecule has 0 amide bonds. The summed E-state index contributed by atoms with van der Waals surface area (Å²) in [5, 5.41) is 29.7. The number of furan rings is 3. The third-order valence-corrected chi connectivity index (χ3v) is 29.2. The minimum atomic E-state index is 0.908. The van der Waals surface area contributed by atoms with Crippen LogP contribution in [-0.2, 0) is 0 Å². The first-order chi connectivity index (χ1) is 65.5. The number of hydrogen-bond acceptors (Lipinski definition) is 3. The number of fused-ring (bicyclic) bond motifs is 33. The van der Waals surface area contributed by atoms with Crippen LogP contribution in [0.25, 0.3) is 302 Å². The summed E-state index contributed by atoms with van der Waals surface area (Å²) in [6.07, 6.45) is 0. The molecule has 0 atom stereocenters. The first-order valence-electron chi connectivity index (χ1n) is 45.5. The van der Waals surface area contributed by atoms with Crippen LogP contribution in [0.3, 0.4) is 0 Å². The summed E-state index contributed by atoms with van der Waals surface area (Å²) in [5.41, 5.74) is 36.8. The van der Waals surface area contributed by atoms with Crippen molar-refractivity contribution in [2.75, 3.05) is 0 Å². The Morgan fingerprint density at radius 2 is 0.447 bits per heavy atom. The Morgan fingerprint density at radius 3 is 0.879 bits per heavy atom. The van der Waals surface area contributed by atoms with Gasteiger partial charge in [-0.3, -0.25) is 0 Å². The van der Waals surface area contributed by atoms with Gasteiger partial charge in [0, 0.05) is 99.6 Å². The van der Waals surface area contributed by atoms with Gasteiger partial charge >= 0.3 is 0 Å². The zero-order valence-corrected chi connectivity index (χ0v) is 71.1. The minimum absolute atomic E-state index is 0.908. The molecule has 132 heavy (non-hydrogen) atoms. The highest BCUT2D eigenvalue weighted by molar-refractivity contribution is 6.29. The van der Waals surface area contributed by atoms with Gasteiger partial charge in [-0.2, -0.15) is 0 Å². The Kier molecular flexibility index (Phi) is 14.6. The van der Waals surface area contributed by atoms with Crippen molar-refractivity contribution < 1.29 is 13.3 Å². The molecule has 0 unspecified atom stereocenters. The lowest BCUT2D eigenvalue weighted by Gasteiger charge is -2.13. The first-order valence-corrected chi connectivity index (χ1v) is 45.5. The molecule has 0 spiro atoms. The van der Waals surface area contributed by atoms with Crippen LogP contribution in [0.4, 0.5) is 0 Å². The van der Waals surface area contributed by atoms with E-state index < -0.39 is 0 Å². The second-order valence-corrected chi connectivity index (χ2v) is 35.8. The monoisotopic (exact) mass is 1670 g/mol. The number of rotatable bonds is 5. The Labute approximate surface area is 754 Å². The average Bonchev–Trinajstić information content (AvgIpc) is 1.54. The van der Waals surface area contributed by atoms with Gasteiger partial charge in [0.1, 0.15) is 33.5 Å². The maximum absolute atomic E-state index is 6.54. The average molecular weight is 1670 g/mol. The molecule has 0 saturated carbocycles. The maximum atomic E-state index is 6.54. The summed E-state index contributed by atoms with van der Waals surface area (Å²) in [4.78, 5) is 0. The van der Waals surface area contributed by atoms with Crippen LogP contribution >= 0.6 is 0 Å². The van der Waals surface area contributed by atoms with Crippen molar-refractivity contribution in [2.45, 2.75) is 0 Å². The summed E-state index contributed by atoms with van der Waals surface area (Å²) >= 11 is 0. The molecular formula is C126H71N3O3. The van der Waals surface area contributed by atoms with Gasteiger partial charge in [0.05, 0.1) is 38.8 Å². The van der Waals surface area contributed by atoms with E-state index in [2.05, 4.69) is 444 Å². The lowest BCUT2D eigenvalue weighted by molar-refractivity contribution is 0.669. The lowest BCUT2D eigenvalue weighted by Crippen LogP contribution is -1.95. The molecule has 0 fully saturated rings. The molecule has 0 radical (unpaired) electrons. The zero-order valence-electron chi connectivity index (χ0n) is 71.1. The molecular weight excluding hydrogens is 1600 g/mol. The molecule has 6 nitrogen and oxygen atoms in total. The molecule has 23 aromatic carbocycles. The molecule has 6 heterocycles. The molecule has 32 rings (SSSR count). The van der Waals surface area contributed by atoms with Crippen molar-refractivity contribution in [2.24, 2.45) is 0 Å². The highest BCUT2D eigenvalue weighted by Crippen LogP contribution is 2.55. The molecule has 0 aliphatic heterocycles. The van der Waals surface area contributed by atoms with Crippen molar-refractivity contribution >= 4 is 196 Å². The van der Waals surface area contributed by atoms with Gasteiger partial charge < -0.3 is 27.0 Å². The number of benzene rings is 23. The van der Waals surface area contributed by atoms with Crippen molar-refractivity contribution in [3.8, 4) is 106 Å². The van der Waals surface area contributed by atoms with Crippen LogP contribution in [0.5, 0.6) is 0 Å². The molecule has 6 aromatic heterocycles. The third kappa shape index (κ3) is 10.0. The second kappa shape index (κ2) is 27.0. The number of nitrogens with zero attached hydrogens (tertiary/aromatic N) is 3. The van der Waals surface area contributed by atoms with Gasteiger partial charge in [0.25, 0.3) is 0 Å². The summed E-state index contributed by atoms with van der Waals surface area (Å²) < 4.78 is 26.8. The van der Waals surface area contributed by atoms with Crippen LogP contribution in [0, 0.1) is 0 Å². The maximum Gasteiger partial charge on any atom is 0.137 e. The van der Waals surface area contributed by atoms with E-state index in [1.807, 2.05) is 0 Å². The molecule has 3 aliphatic carbocycles.